The third-order valence-electron chi connectivity index (χ3n) is 7.24. The van der Waals surface area contributed by atoms with Crippen LogP contribution in [0.25, 0.3) is 16.5 Å². The van der Waals surface area contributed by atoms with E-state index in [-0.39, 0.29) is 12.4 Å². The zero-order valence-electron chi connectivity index (χ0n) is 21.6. The summed E-state index contributed by atoms with van der Waals surface area (Å²) in [6.45, 7) is 4.33. The van der Waals surface area contributed by atoms with E-state index in [2.05, 4.69) is 58.2 Å². The lowest BCUT2D eigenvalue weighted by Crippen LogP contribution is -2.29. The van der Waals surface area contributed by atoms with Crippen molar-refractivity contribution in [3.05, 3.63) is 128 Å². The van der Waals surface area contributed by atoms with Crippen LogP contribution in [0.4, 0.5) is 0 Å². The Hall–Kier alpha value is -3.91. The predicted octanol–water partition coefficient (Wildman–Crippen LogP) is 7.15. The summed E-state index contributed by atoms with van der Waals surface area (Å²) < 4.78 is 12.5. The summed E-state index contributed by atoms with van der Waals surface area (Å²) in [5, 5.41) is 5.71. The Morgan fingerprint density at radius 2 is 1.67 bits per heavy atom. The maximum atomic E-state index is 13.7. The van der Waals surface area contributed by atoms with Crippen LogP contribution in [0.15, 0.2) is 102 Å². The molecule has 1 aliphatic carbocycles. The van der Waals surface area contributed by atoms with Gasteiger partial charge in [0, 0.05) is 28.3 Å². The maximum Gasteiger partial charge on any atom is 0.336 e. The molecule has 0 bridgehead atoms. The number of nitrogens with one attached hydrogen (secondary N) is 1. The van der Waals surface area contributed by atoms with E-state index in [1.165, 1.54) is 10.8 Å². The average Bonchev–Trinajstić information content (AvgIpc) is 3.23. The number of Topliss-reactive ketones (excluding diaryl/α,β-unsaturated/α-hetero) is 1. The quantitative estimate of drug-likeness (QED) is 0.182. The third kappa shape index (κ3) is 4.52. The lowest BCUT2D eigenvalue weighted by molar-refractivity contribution is -0.138. The van der Waals surface area contributed by atoms with Gasteiger partial charge in [-0.05, 0) is 76.5 Å². The van der Waals surface area contributed by atoms with E-state index in [9.17, 15) is 9.59 Å². The normalized spacial score (nSPS) is 16.2. The zero-order valence-corrected chi connectivity index (χ0v) is 23.7. The summed E-state index contributed by atoms with van der Waals surface area (Å²) in [6, 6.07) is 28.0. The predicted molar refractivity (Wildman–Crippen MR) is 160 cm³/mol. The minimum absolute atomic E-state index is 0.0703. The molecule has 6 rings (SSSR count). The van der Waals surface area contributed by atoms with Crippen LogP contribution in [0.3, 0.4) is 0 Å². The van der Waals surface area contributed by atoms with Crippen LogP contribution in [0.1, 0.15) is 46.8 Å². The summed E-state index contributed by atoms with van der Waals surface area (Å²) in [4.78, 5) is 26.8. The highest BCUT2D eigenvalue weighted by atomic mass is 127. The first-order valence-corrected chi connectivity index (χ1v) is 14.0. The first-order valence-electron chi connectivity index (χ1n) is 12.9. The smallest absolute Gasteiger partial charge is 0.336 e. The van der Waals surface area contributed by atoms with Crippen molar-refractivity contribution in [3.8, 4) is 5.75 Å². The Morgan fingerprint density at radius 3 is 2.44 bits per heavy atom. The van der Waals surface area contributed by atoms with E-state index in [4.69, 9.17) is 9.47 Å². The van der Waals surface area contributed by atoms with E-state index in [1.54, 1.807) is 6.92 Å². The number of carbonyl (C=O) groups is 2. The molecule has 6 heteroatoms. The Kier molecular flexibility index (Phi) is 6.73. The van der Waals surface area contributed by atoms with E-state index in [1.807, 2.05) is 61.5 Å². The number of ketones is 1. The topological polar surface area (TPSA) is 64.6 Å². The second-order valence-corrected chi connectivity index (χ2v) is 10.8. The average molecular weight is 627 g/mol. The second-order valence-electron chi connectivity index (χ2n) is 9.64. The molecule has 1 heterocycles. The lowest BCUT2D eigenvalue weighted by Gasteiger charge is -2.29. The number of ether oxygens (including phenoxy) is 2. The van der Waals surface area contributed by atoms with Gasteiger partial charge in [-0.25, -0.2) is 4.79 Å². The van der Waals surface area contributed by atoms with Gasteiger partial charge < -0.3 is 14.8 Å². The number of esters is 1. The molecule has 0 fully saturated rings. The largest absolute Gasteiger partial charge is 0.488 e. The number of rotatable bonds is 6. The van der Waals surface area contributed by atoms with Crippen molar-refractivity contribution < 1.29 is 19.1 Å². The van der Waals surface area contributed by atoms with Gasteiger partial charge in [0.05, 0.1) is 21.4 Å². The number of hydrogen-bond acceptors (Lipinski definition) is 5. The van der Waals surface area contributed by atoms with Gasteiger partial charge in [0.25, 0.3) is 0 Å². The maximum absolute atomic E-state index is 13.7. The highest BCUT2D eigenvalue weighted by molar-refractivity contribution is 14.1. The van der Waals surface area contributed by atoms with Crippen LogP contribution in [0, 0.1) is 3.57 Å². The van der Waals surface area contributed by atoms with Crippen molar-refractivity contribution in [2.75, 3.05) is 6.61 Å². The minimum atomic E-state index is -0.553. The summed E-state index contributed by atoms with van der Waals surface area (Å²) in [5.74, 6) is -0.299. The van der Waals surface area contributed by atoms with Crippen molar-refractivity contribution in [3.63, 3.8) is 0 Å². The summed E-state index contributed by atoms with van der Waals surface area (Å²) in [7, 11) is 0. The zero-order chi connectivity index (χ0) is 27.1. The number of carbonyl (C=O) groups excluding carboxylic acids is 2. The number of dihydropyridines is 1. The fraction of sp³-hybridized carbons (Fsp3) is 0.152. The Labute approximate surface area is 240 Å². The number of halogens is 1. The molecule has 2 aliphatic rings. The van der Waals surface area contributed by atoms with E-state index in [0.29, 0.717) is 29.0 Å². The van der Waals surface area contributed by atoms with Crippen LogP contribution in [-0.4, -0.2) is 18.4 Å². The highest BCUT2D eigenvalue weighted by Crippen LogP contribution is 2.47. The Bertz CT molecular complexity index is 1720. The molecule has 1 N–H and O–H groups in total. The fourth-order valence-electron chi connectivity index (χ4n) is 5.45. The fourth-order valence-corrected chi connectivity index (χ4v) is 6.14. The molecule has 0 radical (unpaired) electrons. The van der Waals surface area contributed by atoms with Crippen LogP contribution < -0.4 is 10.1 Å². The van der Waals surface area contributed by atoms with Crippen LogP contribution in [0.2, 0.25) is 0 Å². The molecule has 4 aromatic carbocycles. The molecule has 5 nitrogen and oxygen atoms in total. The monoisotopic (exact) mass is 627 g/mol. The van der Waals surface area contributed by atoms with Crippen molar-refractivity contribution in [1.82, 2.24) is 5.32 Å². The third-order valence-corrected chi connectivity index (χ3v) is 8.08. The number of benzene rings is 4. The van der Waals surface area contributed by atoms with Gasteiger partial charge in [0.1, 0.15) is 12.4 Å². The molecule has 0 spiro atoms. The number of fused-ring (bicyclic) bond motifs is 3. The van der Waals surface area contributed by atoms with Crippen molar-refractivity contribution >= 4 is 50.8 Å². The molecule has 0 amide bonds. The van der Waals surface area contributed by atoms with Gasteiger partial charge in [-0.3, -0.25) is 4.79 Å². The van der Waals surface area contributed by atoms with E-state index >= 15 is 0 Å². The lowest BCUT2D eigenvalue weighted by atomic mass is 9.80. The summed E-state index contributed by atoms with van der Waals surface area (Å²) in [5.41, 5.74) is 5.90. The van der Waals surface area contributed by atoms with Crippen LogP contribution >= 0.6 is 22.6 Å². The molecular weight excluding hydrogens is 601 g/mol. The Balaban J connectivity index is 1.35. The summed E-state index contributed by atoms with van der Waals surface area (Å²) in [6.07, 6.45) is 0. The molecule has 39 heavy (non-hydrogen) atoms. The molecule has 0 saturated carbocycles. The minimum Gasteiger partial charge on any atom is -0.488 e. The van der Waals surface area contributed by atoms with Gasteiger partial charge in [-0.2, -0.15) is 0 Å². The van der Waals surface area contributed by atoms with E-state index < -0.39 is 11.9 Å². The Morgan fingerprint density at radius 1 is 0.923 bits per heavy atom. The first-order chi connectivity index (χ1) is 19.0. The molecule has 1 aliphatic heterocycles. The van der Waals surface area contributed by atoms with E-state index in [0.717, 1.165) is 31.7 Å². The van der Waals surface area contributed by atoms with Gasteiger partial charge in [-0.15, -0.1) is 0 Å². The molecule has 0 aromatic heterocycles. The summed E-state index contributed by atoms with van der Waals surface area (Å²) >= 11 is 2.26. The molecule has 0 unspecified atom stereocenters. The molecule has 1 atom stereocenters. The molecule has 4 aromatic rings. The van der Waals surface area contributed by atoms with Gasteiger partial charge in [-0.1, -0.05) is 66.7 Å². The van der Waals surface area contributed by atoms with Gasteiger partial charge in [0.2, 0.25) is 0 Å². The highest BCUT2D eigenvalue weighted by Gasteiger charge is 2.43. The number of hydrogen-bond donors (Lipinski definition) is 1. The second kappa shape index (κ2) is 10.3. The van der Waals surface area contributed by atoms with Gasteiger partial charge in [0.15, 0.2) is 5.78 Å². The van der Waals surface area contributed by atoms with Crippen molar-refractivity contribution in [2.45, 2.75) is 26.4 Å². The number of allylic oxidation sites excluding steroid dienone is 2. The van der Waals surface area contributed by atoms with Crippen molar-refractivity contribution in [1.29, 1.82) is 0 Å². The van der Waals surface area contributed by atoms with Crippen LogP contribution in [0.5, 0.6) is 5.75 Å². The van der Waals surface area contributed by atoms with Crippen molar-refractivity contribution in [2.24, 2.45) is 0 Å². The SMILES string of the molecule is CCOC(=O)C1=C(C)NC2=C(C(=O)c3ccccc32)[C@@H]1c1ccc(OCc2ccc3ccccc3c2)c(I)c1. The van der Waals surface area contributed by atoms with Gasteiger partial charge >= 0.3 is 5.97 Å². The molecule has 0 saturated heterocycles. The standard InChI is InChI=1S/C33H26INO4/c1-3-38-33(37)28-19(2)35-31-24-10-6-7-11-25(24)32(36)30(31)29(28)23-14-15-27(26(34)17-23)39-18-20-12-13-21-8-4-5-9-22(21)16-20/h4-17,29,35H,3,18H2,1-2H3/t29-/m1/s1. The molecular formula is C33H26INO4. The molecule has 194 valence electrons. The first kappa shape index (κ1) is 25.4. The van der Waals surface area contributed by atoms with Crippen LogP contribution in [-0.2, 0) is 16.1 Å².